The highest BCUT2D eigenvalue weighted by Gasteiger charge is 2.05. The maximum absolute atomic E-state index is 5.86. The van der Waals surface area contributed by atoms with Gasteiger partial charge in [0.1, 0.15) is 0 Å². The third-order valence-electron chi connectivity index (χ3n) is 2.97. The smallest absolute Gasteiger partial charge is 0.0406 e. The zero-order valence-corrected chi connectivity index (χ0v) is 12.1. The van der Waals surface area contributed by atoms with Gasteiger partial charge in [0.05, 0.1) is 0 Å². The highest BCUT2D eigenvalue weighted by molar-refractivity contribution is 6.30. The van der Waals surface area contributed by atoms with Crippen molar-refractivity contribution in [3.8, 4) is 0 Å². The molecule has 1 rings (SSSR count). The molecular weight excluding hydrogens is 253 g/mol. The third-order valence-corrected chi connectivity index (χ3v) is 3.44. The normalized spacial score (nSPS) is 13.0. The van der Waals surface area contributed by atoms with Crippen molar-refractivity contribution in [2.45, 2.75) is 26.3 Å². The van der Waals surface area contributed by atoms with E-state index >= 15 is 0 Å². The molecule has 0 fully saturated rings. The van der Waals surface area contributed by atoms with E-state index in [1.165, 1.54) is 12.0 Å². The Morgan fingerprint density at radius 3 is 2.41 bits per heavy atom. The molecule has 0 aliphatic carbocycles. The summed E-state index contributed by atoms with van der Waals surface area (Å²) < 4.78 is 0. The van der Waals surface area contributed by atoms with Crippen LogP contribution in [0.15, 0.2) is 24.3 Å². The Kier molecular flexibility index (Phi) is 6.94. The Morgan fingerprint density at radius 1 is 1.18 bits per heavy atom. The van der Waals surface area contributed by atoms with Crippen molar-refractivity contribution in [1.82, 2.24) is 4.90 Å². The molecule has 1 atom stereocenters. The van der Waals surface area contributed by atoms with Gasteiger partial charge in [0.15, 0.2) is 0 Å². The first-order valence-corrected chi connectivity index (χ1v) is 7.02. The van der Waals surface area contributed by atoms with Gasteiger partial charge in [-0.3, -0.25) is 0 Å². The first-order chi connectivity index (χ1) is 8.11. The lowest BCUT2D eigenvalue weighted by atomic mass is 10.1. The van der Waals surface area contributed by atoms with E-state index < -0.39 is 0 Å². The van der Waals surface area contributed by atoms with Crippen molar-refractivity contribution in [2.75, 3.05) is 19.5 Å². The number of rotatable bonds is 7. The Labute approximate surface area is 115 Å². The van der Waals surface area contributed by atoms with Crippen LogP contribution in [-0.4, -0.2) is 24.4 Å². The Balaban J connectivity index is 2.29. The van der Waals surface area contributed by atoms with Gasteiger partial charge in [0.25, 0.3) is 0 Å². The SMILES string of the molecule is CC(CCCl)CCN(C)Cc1ccc(Cl)cc1. The maximum atomic E-state index is 5.86. The lowest BCUT2D eigenvalue weighted by Crippen LogP contribution is -2.20. The predicted molar refractivity (Wildman–Crippen MR) is 76.9 cm³/mol. The van der Waals surface area contributed by atoms with Crippen LogP contribution >= 0.6 is 23.2 Å². The van der Waals surface area contributed by atoms with Crippen LogP contribution in [0.2, 0.25) is 5.02 Å². The fraction of sp³-hybridized carbons (Fsp3) is 0.571. The minimum Gasteiger partial charge on any atom is -0.302 e. The van der Waals surface area contributed by atoms with Crippen molar-refractivity contribution >= 4 is 23.2 Å². The Bertz CT molecular complexity index is 311. The van der Waals surface area contributed by atoms with E-state index in [2.05, 4.69) is 31.0 Å². The van der Waals surface area contributed by atoms with Crippen LogP contribution in [0.25, 0.3) is 0 Å². The van der Waals surface area contributed by atoms with Crippen LogP contribution in [-0.2, 0) is 6.54 Å². The molecule has 1 nitrogen and oxygen atoms in total. The largest absolute Gasteiger partial charge is 0.302 e. The summed E-state index contributed by atoms with van der Waals surface area (Å²) in [6, 6.07) is 8.06. The van der Waals surface area contributed by atoms with Gasteiger partial charge in [-0.25, -0.2) is 0 Å². The molecule has 0 spiro atoms. The fourth-order valence-electron chi connectivity index (χ4n) is 1.75. The topological polar surface area (TPSA) is 3.24 Å². The van der Waals surface area contributed by atoms with Gasteiger partial charge in [-0.2, -0.15) is 0 Å². The van der Waals surface area contributed by atoms with Gasteiger partial charge in [-0.05, 0) is 50.0 Å². The number of benzene rings is 1. The minimum absolute atomic E-state index is 0.708. The molecule has 3 heteroatoms. The van der Waals surface area contributed by atoms with E-state index in [1.54, 1.807) is 0 Å². The summed E-state index contributed by atoms with van der Waals surface area (Å²) in [5, 5.41) is 0.798. The zero-order valence-electron chi connectivity index (χ0n) is 10.6. The van der Waals surface area contributed by atoms with Crippen LogP contribution in [0.3, 0.4) is 0 Å². The van der Waals surface area contributed by atoms with E-state index in [-0.39, 0.29) is 0 Å². The van der Waals surface area contributed by atoms with Crippen LogP contribution in [0.5, 0.6) is 0 Å². The quantitative estimate of drug-likeness (QED) is 0.665. The molecule has 0 N–H and O–H groups in total. The van der Waals surface area contributed by atoms with Crippen molar-refractivity contribution in [3.63, 3.8) is 0 Å². The zero-order chi connectivity index (χ0) is 12.7. The van der Waals surface area contributed by atoms with Gasteiger partial charge >= 0.3 is 0 Å². The predicted octanol–water partition coefficient (Wildman–Crippen LogP) is 4.43. The summed E-state index contributed by atoms with van der Waals surface area (Å²) in [5.74, 6) is 1.47. The molecule has 1 unspecified atom stereocenters. The fourth-order valence-corrected chi connectivity index (χ4v) is 2.25. The molecular formula is C14H21Cl2N. The van der Waals surface area contributed by atoms with Crippen LogP contribution in [0.1, 0.15) is 25.3 Å². The third kappa shape index (κ3) is 6.30. The molecule has 0 heterocycles. The maximum Gasteiger partial charge on any atom is 0.0406 e. The summed E-state index contributed by atoms with van der Waals surface area (Å²) in [6.45, 7) is 4.35. The minimum atomic E-state index is 0.708. The lowest BCUT2D eigenvalue weighted by Gasteiger charge is -2.19. The van der Waals surface area contributed by atoms with Crippen molar-refractivity contribution in [1.29, 1.82) is 0 Å². The molecule has 1 aromatic carbocycles. The van der Waals surface area contributed by atoms with E-state index in [0.29, 0.717) is 5.92 Å². The molecule has 96 valence electrons. The molecule has 0 aliphatic heterocycles. The van der Waals surface area contributed by atoms with Crippen LogP contribution in [0, 0.1) is 5.92 Å². The summed E-state index contributed by atoms with van der Waals surface area (Å²) in [4.78, 5) is 2.34. The number of nitrogens with zero attached hydrogens (tertiary/aromatic N) is 1. The lowest BCUT2D eigenvalue weighted by molar-refractivity contribution is 0.296. The van der Waals surface area contributed by atoms with E-state index in [1.807, 2.05) is 12.1 Å². The molecule has 0 saturated carbocycles. The van der Waals surface area contributed by atoms with Gasteiger partial charge in [-0.15, -0.1) is 11.6 Å². The molecule has 17 heavy (non-hydrogen) atoms. The molecule has 0 radical (unpaired) electrons. The second-order valence-electron chi connectivity index (χ2n) is 4.74. The molecule has 0 aliphatic rings. The molecule has 0 bridgehead atoms. The van der Waals surface area contributed by atoms with Gasteiger partial charge in [-0.1, -0.05) is 30.7 Å². The van der Waals surface area contributed by atoms with Gasteiger partial charge < -0.3 is 4.90 Å². The van der Waals surface area contributed by atoms with Gasteiger partial charge in [0.2, 0.25) is 0 Å². The molecule has 0 saturated heterocycles. The summed E-state index contributed by atoms with van der Waals surface area (Å²) in [6.07, 6.45) is 2.31. The first kappa shape index (κ1) is 14.8. The second kappa shape index (κ2) is 7.97. The standard InChI is InChI=1S/C14H21Cl2N/c1-12(7-9-15)8-10-17(2)11-13-3-5-14(16)6-4-13/h3-6,12H,7-11H2,1-2H3. The highest BCUT2D eigenvalue weighted by Crippen LogP contribution is 2.13. The van der Waals surface area contributed by atoms with Crippen molar-refractivity contribution < 1.29 is 0 Å². The number of hydrogen-bond acceptors (Lipinski definition) is 1. The number of hydrogen-bond donors (Lipinski definition) is 0. The highest BCUT2D eigenvalue weighted by atomic mass is 35.5. The van der Waals surface area contributed by atoms with Crippen molar-refractivity contribution in [2.24, 2.45) is 5.92 Å². The van der Waals surface area contributed by atoms with Gasteiger partial charge in [0, 0.05) is 17.4 Å². The summed E-state index contributed by atoms with van der Waals surface area (Å²) in [5.41, 5.74) is 1.31. The average Bonchev–Trinajstić information content (AvgIpc) is 2.30. The van der Waals surface area contributed by atoms with E-state index in [9.17, 15) is 0 Å². The van der Waals surface area contributed by atoms with E-state index in [0.717, 1.165) is 30.4 Å². The Hall–Kier alpha value is -0.240. The average molecular weight is 274 g/mol. The number of halogens is 2. The molecule has 1 aromatic rings. The van der Waals surface area contributed by atoms with Crippen LogP contribution < -0.4 is 0 Å². The van der Waals surface area contributed by atoms with Crippen molar-refractivity contribution in [3.05, 3.63) is 34.9 Å². The van der Waals surface area contributed by atoms with E-state index in [4.69, 9.17) is 23.2 Å². The summed E-state index contributed by atoms with van der Waals surface area (Å²) in [7, 11) is 2.15. The second-order valence-corrected chi connectivity index (χ2v) is 5.55. The monoisotopic (exact) mass is 273 g/mol. The number of alkyl halides is 1. The van der Waals surface area contributed by atoms with Crippen LogP contribution in [0.4, 0.5) is 0 Å². The summed E-state index contributed by atoms with van der Waals surface area (Å²) >= 11 is 11.6. The first-order valence-electron chi connectivity index (χ1n) is 6.10. The Morgan fingerprint density at radius 2 is 1.82 bits per heavy atom. The molecule has 0 amide bonds. The molecule has 0 aromatic heterocycles.